The van der Waals surface area contributed by atoms with Gasteiger partial charge in [-0.3, -0.25) is 4.90 Å². The van der Waals surface area contributed by atoms with Gasteiger partial charge in [-0.2, -0.15) is 0 Å². The highest BCUT2D eigenvalue weighted by Crippen LogP contribution is 2.13. The molecule has 20 heavy (non-hydrogen) atoms. The number of aryl methyl sites for hydroxylation is 2. The Labute approximate surface area is 120 Å². The second-order valence-corrected chi connectivity index (χ2v) is 5.03. The lowest BCUT2D eigenvalue weighted by molar-refractivity contribution is 0.181. The summed E-state index contributed by atoms with van der Waals surface area (Å²) in [6.45, 7) is 7.67. The SMILES string of the molecule is CCn1cncc1CN(CCO)Cc1ccccc1C. The summed E-state index contributed by atoms with van der Waals surface area (Å²) in [5.74, 6) is 0. The van der Waals surface area contributed by atoms with Crippen molar-refractivity contribution in [3.63, 3.8) is 0 Å². The summed E-state index contributed by atoms with van der Waals surface area (Å²) in [6, 6.07) is 8.40. The predicted octanol–water partition coefficient (Wildman–Crippen LogP) is 2.21. The third-order valence-electron chi connectivity index (χ3n) is 3.60. The lowest BCUT2D eigenvalue weighted by Gasteiger charge is -2.22. The average Bonchev–Trinajstić information content (AvgIpc) is 2.89. The summed E-state index contributed by atoms with van der Waals surface area (Å²) in [7, 11) is 0. The molecule has 1 N–H and O–H groups in total. The van der Waals surface area contributed by atoms with Gasteiger partial charge in [0, 0.05) is 32.4 Å². The minimum absolute atomic E-state index is 0.173. The molecule has 0 radical (unpaired) electrons. The van der Waals surface area contributed by atoms with Gasteiger partial charge in [-0.15, -0.1) is 0 Å². The summed E-state index contributed by atoms with van der Waals surface area (Å²) in [4.78, 5) is 6.46. The van der Waals surface area contributed by atoms with Crippen molar-refractivity contribution < 1.29 is 5.11 Å². The fraction of sp³-hybridized carbons (Fsp3) is 0.438. The molecule has 4 heteroatoms. The maximum absolute atomic E-state index is 9.28. The van der Waals surface area contributed by atoms with Gasteiger partial charge in [0.15, 0.2) is 0 Å². The van der Waals surface area contributed by atoms with E-state index in [2.05, 4.69) is 52.6 Å². The van der Waals surface area contributed by atoms with E-state index in [1.165, 1.54) is 16.8 Å². The minimum atomic E-state index is 0.173. The van der Waals surface area contributed by atoms with Gasteiger partial charge in [-0.1, -0.05) is 24.3 Å². The molecule has 1 heterocycles. The molecular weight excluding hydrogens is 250 g/mol. The largest absolute Gasteiger partial charge is 0.395 e. The minimum Gasteiger partial charge on any atom is -0.395 e. The molecule has 0 aliphatic rings. The Kier molecular flexibility index (Phi) is 5.32. The van der Waals surface area contributed by atoms with Gasteiger partial charge >= 0.3 is 0 Å². The average molecular weight is 273 g/mol. The van der Waals surface area contributed by atoms with Crippen LogP contribution in [0.5, 0.6) is 0 Å². The van der Waals surface area contributed by atoms with Gasteiger partial charge in [0.1, 0.15) is 0 Å². The van der Waals surface area contributed by atoms with Crippen LogP contribution in [0.25, 0.3) is 0 Å². The highest BCUT2D eigenvalue weighted by atomic mass is 16.3. The lowest BCUT2D eigenvalue weighted by atomic mass is 10.1. The number of aromatic nitrogens is 2. The monoisotopic (exact) mass is 273 g/mol. The quantitative estimate of drug-likeness (QED) is 0.841. The van der Waals surface area contributed by atoms with Crippen LogP contribution in [0.1, 0.15) is 23.7 Å². The van der Waals surface area contributed by atoms with E-state index in [0.29, 0.717) is 6.54 Å². The number of hydrogen-bond donors (Lipinski definition) is 1. The standard InChI is InChI=1S/C16H23N3O/c1-3-19-13-17-10-16(19)12-18(8-9-20)11-15-7-5-4-6-14(15)2/h4-7,10,13,20H,3,8-9,11-12H2,1-2H3. The van der Waals surface area contributed by atoms with Crippen LogP contribution in [0.15, 0.2) is 36.8 Å². The Morgan fingerprint density at radius 3 is 2.75 bits per heavy atom. The van der Waals surface area contributed by atoms with E-state index in [-0.39, 0.29) is 6.61 Å². The van der Waals surface area contributed by atoms with Crippen molar-refractivity contribution in [2.75, 3.05) is 13.2 Å². The molecule has 0 spiro atoms. The Hall–Kier alpha value is -1.65. The number of nitrogens with zero attached hydrogens (tertiary/aromatic N) is 3. The Morgan fingerprint density at radius 2 is 2.05 bits per heavy atom. The normalized spacial score (nSPS) is 11.2. The van der Waals surface area contributed by atoms with E-state index in [1.807, 2.05) is 12.5 Å². The van der Waals surface area contributed by atoms with Crippen LogP contribution in [0, 0.1) is 6.92 Å². The molecule has 0 aliphatic carbocycles. The Morgan fingerprint density at radius 1 is 1.25 bits per heavy atom. The summed E-state index contributed by atoms with van der Waals surface area (Å²) in [5.41, 5.74) is 3.79. The fourth-order valence-electron chi connectivity index (χ4n) is 2.38. The van der Waals surface area contributed by atoms with Crippen LogP contribution in [-0.4, -0.2) is 32.7 Å². The maximum Gasteiger partial charge on any atom is 0.0948 e. The molecule has 0 fully saturated rings. The lowest BCUT2D eigenvalue weighted by Crippen LogP contribution is -2.27. The fourth-order valence-corrected chi connectivity index (χ4v) is 2.38. The molecule has 4 nitrogen and oxygen atoms in total. The molecule has 0 saturated carbocycles. The van der Waals surface area contributed by atoms with Gasteiger partial charge < -0.3 is 9.67 Å². The van der Waals surface area contributed by atoms with E-state index in [1.54, 1.807) is 0 Å². The van der Waals surface area contributed by atoms with Crippen molar-refractivity contribution in [1.82, 2.24) is 14.5 Å². The van der Waals surface area contributed by atoms with Crippen LogP contribution in [0.3, 0.4) is 0 Å². The van der Waals surface area contributed by atoms with Crippen LogP contribution in [-0.2, 0) is 19.6 Å². The van der Waals surface area contributed by atoms with Gasteiger partial charge in [0.25, 0.3) is 0 Å². The zero-order chi connectivity index (χ0) is 14.4. The Balaban J connectivity index is 2.09. The van der Waals surface area contributed by atoms with E-state index in [4.69, 9.17) is 0 Å². The maximum atomic E-state index is 9.28. The third-order valence-corrected chi connectivity index (χ3v) is 3.60. The first-order valence-electron chi connectivity index (χ1n) is 7.11. The van der Waals surface area contributed by atoms with Crippen molar-refractivity contribution in [1.29, 1.82) is 0 Å². The second-order valence-electron chi connectivity index (χ2n) is 5.03. The highest BCUT2D eigenvalue weighted by molar-refractivity contribution is 5.25. The second kappa shape index (κ2) is 7.22. The van der Waals surface area contributed by atoms with E-state index >= 15 is 0 Å². The first kappa shape index (κ1) is 14.8. The molecule has 2 rings (SSSR count). The van der Waals surface area contributed by atoms with Crippen molar-refractivity contribution in [2.45, 2.75) is 33.5 Å². The van der Waals surface area contributed by atoms with Gasteiger partial charge in [0.05, 0.1) is 18.6 Å². The molecule has 0 bridgehead atoms. The summed E-state index contributed by atoms with van der Waals surface area (Å²) >= 11 is 0. The number of aliphatic hydroxyl groups is 1. The summed E-state index contributed by atoms with van der Waals surface area (Å²) in [6.07, 6.45) is 3.77. The molecule has 0 aliphatic heterocycles. The smallest absolute Gasteiger partial charge is 0.0948 e. The third kappa shape index (κ3) is 3.68. The molecule has 0 amide bonds. The van der Waals surface area contributed by atoms with Gasteiger partial charge in [-0.25, -0.2) is 4.98 Å². The summed E-state index contributed by atoms with van der Waals surface area (Å²) in [5, 5.41) is 9.28. The van der Waals surface area contributed by atoms with Crippen molar-refractivity contribution >= 4 is 0 Å². The summed E-state index contributed by atoms with van der Waals surface area (Å²) < 4.78 is 2.14. The van der Waals surface area contributed by atoms with Crippen molar-refractivity contribution in [3.8, 4) is 0 Å². The van der Waals surface area contributed by atoms with Crippen molar-refractivity contribution in [3.05, 3.63) is 53.6 Å². The van der Waals surface area contributed by atoms with E-state index in [9.17, 15) is 5.11 Å². The zero-order valence-electron chi connectivity index (χ0n) is 12.3. The van der Waals surface area contributed by atoms with Crippen LogP contribution in [0.2, 0.25) is 0 Å². The van der Waals surface area contributed by atoms with Crippen molar-refractivity contribution in [2.24, 2.45) is 0 Å². The van der Waals surface area contributed by atoms with Gasteiger partial charge in [-0.05, 0) is 25.0 Å². The molecule has 0 unspecified atom stereocenters. The van der Waals surface area contributed by atoms with Crippen LogP contribution < -0.4 is 0 Å². The molecule has 108 valence electrons. The van der Waals surface area contributed by atoms with E-state index < -0.39 is 0 Å². The van der Waals surface area contributed by atoms with E-state index in [0.717, 1.165) is 19.6 Å². The molecule has 2 aromatic rings. The highest BCUT2D eigenvalue weighted by Gasteiger charge is 2.10. The molecular formula is C16H23N3O. The number of imidazole rings is 1. The first-order valence-corrected chi connectivity index (χ1v) is 7.11. The number of hydrogen-bond acceptors (Lipinski definition) is 3. The first-order chi connectivity index (χ1) is 9.74. The zero-order valence-corrected chi connectivity index (χ0v) is 12.3. The number of aliphatic hydroxyl groups excluding tert-OH is 1. The van der Waals surface area contributed by atoms with Crippen LogP contribution >= 0.6 is 0 Å². The number of benzene rings is 1. The number of rotatable bonds is 7. The molecule has 1 aromatic heterocycles. The van der Waals surface area contributed by atoms with Gasteiger partial charge in [0.2, 0.25) is 0 Å². The Bertz CT molecular complexity index is 536. The molecule has 1 aromatic carbocycles. The molecule has 0 saturated heterocycles. The predicted molar refractivity (Wildman–Crippen MR) is 80.3 cm³/mol. The van der Waals surface area contributed by atoms with Crippen LogP contribution in [0.4, 0.5) is 0 Å². The molecule has 0 atom stereocenters. The topological polar surface area (TPSA) is 41.3 Å².